The SMILES string of the molecule is CCn1c(COC(=O)CNC(=O)c2cccs2)nc2cc(S(=O)(=O)N(C)C)ccc21. The second-order valence-corrected chi connectivity index (χ2v) is 9.63. The topological polar surface area (TPSA) is 111 Å². The number of carbonyl (C=O) groups is 2. The smallest absolute Gasteiger partial charge is 0.325 e. The summed E-state index contributed by atoms with van der Waals surface area (Å²) < 4.78 is 32.9. The lowest BCUT2D eigenvalue weighted by Crippen LogP contribution is -2.30. The summed E-state index contributed by atoms with van der Waals surface area (Å²) in [5.41, 5.74) is 1.24. The van der Waals surface area contributed by atoms with Crippen LogP contribution in [0.2, 0.25) is 0 Å². The molecule has 0 fully saturated rings. The highest BCUT2D eigenvalue weighted by atomic mass is 32.2. The van der Waals surface area contributed by atoms with Crippen molar-refractivity contribution in [2.75, 3.05) is 20.6 Å². The molecule has 30 heavy (non-hydrogen) atoms. The number of esters is 1. The summed E-state index contributed by atoms with van der Waals surface area (Å²) in [6.45, 7) is 2.14. The van der Waals surface area contributed by atoms with E-state index in [1.165, 1.54) is 37.6 Å². The number of hydrogen-bond donors (Lipinski definition) is 1. The Bertz CT molecular complexity index is 1170. The molecule has 0 aliphatic carbocycles. The van der Waals surface area contributed by atoms with Gasteiger partial charge in [-0.05, 0) is 36.6 Å². The predicted octanol–water partition coefficient (Wildman–Crippen LogP) is 1.84. The van der Waals surface area contributed by atoms with Gasteiger partial charge < -0.3 is 14.6 Å². The molecule has 0 saturated heterocycles. The van der Waals surface area contributed by atoms with Crippen LogP contribution in [0.1, 0.15) is 22.4 Å². The van der Waals surface area contributed by atoms with Crippen LogP contribution in [0.5, 0.6) is 0 Å². The number of benzene rings is 1. The molecule has 3 aromatic rings. The van der Waals surface area contributed by atoms with Gasteiger partial charge in [0.25, 0.3) is 5.91 Å². The van der Waals surface area contributed by atoms with Crippen LogP contribution in [0, 0.1) is 0 Å². The second-order valence-electron chi connectivity index (χ2n) is 6.53. The van der Waals surface area contributed by atoms with E-state index in [2.05, 4.69) is 10.3 Å². The van der Waals surface area contributed by atoms with Crippen molar-refractivity contribution >= 4 is 44.3 Å². The Kier molecular flexibility index (Phi) is 6.54. The summed E-state index contributed by atoms with van der Waals surface area (Å²) in [5.74, 6) is -0.437. The average Bonchev–Trinajstić information content (AvgIpc) is 3.37. The third-order valence-electron chi connectivity index (χ3n) is 4.39. The minimum atomic E-state index is -3.58. The van der Waals surface area contributed by atoms with E-state index in [9.17, 15) is 18.0 Å². The largest absolute Gasteiger partial charge is 0.456 e. The van der Waals surface area contributed by atoms with E-state index < -0.39 is 16.0 Å². The fourth-order valence-electron chi connectivity index (χ4n) is 2.84. The highest BCUT2D eigenvalue weighted by molar-refractivity contribution is 7.89. The molecule has 0 spiro atoms. The second kappa shape index (κ2) is 8.94. The van der Waals surface area contributed by atoms with E-state index in [1.807, 2.05) is 11.5 Å². The zero-order chi connectivity index (χ0) is 21.9. The Labute approximate surface area is 178 Å². The summed E-state index contributed by atoms with van der Waals surface area (Å²) in [6, 6.07) is 8.14. The molecule has 0 unspecified atom stereocenters. The number of aromatic nitrogens is 2. The van der Waals surface area contributed by atoms with E-state index in [0.717, 1.165) is 9.82 Å². The number of rotatable bonds is 8. The van der Waals surface area contributed by atoms with Crippen molar-refractivity contribution in [1.82, 2.24) is 19.2 Å². The van der Waals surface area contributed by atoms with Crippen molar-refractivity contribution < 1.29 is 22.7 Å². The van der Waals surface area contributed by atoms with Gasteiger partial charge >= 0.3 is 5.97 Å². The molecular weight excluding hydrogens is 428 g/mol. The van der Waals surface area contributed by atoms with Crippen molar-refractivity contribution in [3.63, 3.8) is 0 Å². The molecule has 1 N–H and O–H groups in total. The number of hydrogen-bond acceptors (Lipinski definition) is 7. The molecular formula is C19H22N4O5S2. The molecule has 2 heterocycles. The first-order valence-corrected chi connectivity index (χ1v) is 11.4. The Morgan fingerprint density at radius 1 is 1.27 bits per heavy atom. The molecule has 1 amide bonds. The van der Waals surface area contributed by atoms with Crippen LogP contribution in [0.3, 0.4) is 0 Å². The van der Waals surface area contributed by atoms with E-state index in [1.54, 1.807) is 23.6 Å². The monoisotopic (exact) mass is 450 g/mol. The number of thiophene rings is 1. The zero-order valence-corrected chi connectivity index (χ0v) is 18.4. The van der Waals surface area contributed by atoms with E-state index >= 15 is 0 Å². The summed E-state index contributed by atoms with van der Waals surface area (Å²) >= 11 is 1.28. The molecule has 0 atom stereocenters. The van der Waals surface area contributed by atoms with Gasteiger partial charge in [-0.1, -0.05) is 6.07 Å². The number of aryl methyl sites for hydroxylation is 1. The van der Waals surface area contributed by atoms with Gasteiger partial charge in [0.1, 0.15) is 19.0 Å². The third kappa shape index (κ3) is 4.53. The molecule has 2 aromatic heterocycles. The number of sulfonamides is 1. The van der Waals surface area contributed by atoms with Crippen LogP contribution < -0.4 is 5.32 Å². The molecule has 1 aromatic carbocycles. The average molecular weight is 451 g/mol. The van der Waals surface area contributed by atoms with Gasteiger partial charge in [0.15, 0.2) is 0 Å². The Hall–Kier alpha value is -2.76. The highest BCUT2D eigenvalue weighted by Gasteiger charge is 2.20. The molecule has 11 heteroatoms. The molecule has 0 radical (unpaired) electrons. The quantitative estimate of drug-likeness (QED) is 0.525. The fourth-order valence-corrected chi connectivity index (χ4v) is 4.40. The van der Waals surface area contributed by atoms with Crippen molar-refractivity contribution in [2.24, 2.45) is 0 Å². The maximum atomic E-state index is 12.4. The van der Waals surface area contributed by atoms with Crippen LogP contribution in [-0.4, -0.2) is 54.8 Å². The van der Waals surface area contributed by atoms with Crippen LogP contribution in [0.4, 0.5) is 0 Å². The number of amides is 1. The summed E-state index contributed by atoms with van der Waals surface area (Å²) in [5, 5.41) is 4.28. The lowest BCUT2D eigenvalue weighted by Gasteiger charge is -2.11. The van der Waals surface area contributed by atoms with Gasteiger partial charge in [0.05, 0.1) is 20.8 Å². The summed E-state index contributed by atoms with van der Waals surface area (Å²) in [4.78, 5) is 29.0. The molecule has 3 rings (SSSR count). The Morgan fingerprint density at radius 3 is 2.67 bits per heavy atom. The number of carbonyl (C=O) groups excluding carboxylic acids is 2. The Morgan fingerprint density at radius 2 is 2.03 bits per heavy atom. The van der Waals surface area contributed by atoms with E-state index in [4.69, 9.17) is 4.74 Å². The van der Waals surface area contributed by atoms with Crippen LogP contribution in [-0.2, 0) is 32.7 Å². The molecule has 160 valence electrons. The molecule has 0 aliphatic rings. The normalized spacial score (nSPS) is 11.7. The van der Waals surface area contributed by atoms with Crippen molar-refractivity contribution in [3.8, 4) is 0 Å². The van der Waals surface area contributed by atoms with Crippen LogP contribution >= 0.6 is 11.3 Å². The van der Waals surface area contributed by atoms with E-state index in [0.29, 0.717) is 22.8 Å². The number of nitrogens with zero attached hydrogens (tertiary/aromatic N) is 3. The lowest BCUT2D eigenvalue weighted by molar-refractivity contribution is -0.144. The van der Waals surface area contributed by atoms with Crippen LogP contribution in [0.25, 0.3) is 11.0 Å². The number of imidazole rings is 1. The third-order valence-corrected chi connectivity index (χ3v) is 7.07. The summed E-state index contributed by atoms with van der Waals surface area (Å²) in [7, 11) is -0.650. The van der Waals surface area contributed by atoms with Gasteiger partial charge in [-0.3, -0.25) is 9.59 Å². The predicted molar refractivity (Wildman–Crippen MR) is 113 cm³/mol. The minimum absolute atomic E-state index is 0.0913. The van der Waals surface area contributed by atoms with Gasteiger partial charge in [-0.2, -0.15) is 0 Å². The molecule has 0 saturated carbocycles. The van der Waals surface area contributed by atoms with Crippen LogP contribution in [0.15, 0.2) is 40.6 Å². The van der Waals surface area contributed by atoms with Crippen molar-refractivity contribution in [3.05, 3.63) is 46.4 Å². The molecule has 9 nitrogen and oxygen atoms in total. The standard InChI is InChI=1S/C19H22N4O5S2/c1-4-23-15-8-7-13(30(26,27)22(2)3)10-14(15)21-17(23)12-28-18(24)11-20-19(25)16-6-5-9-29-16/h5-10H,4,11-12H2,1-3H3,(H,20,25). The zero-order valence-electron chi connectivity index (χ0n) is 16.8. The summed E-state index contributed by atoms with van der Waals surface area (Å²) in [6.07, 6.45) is 0. The van der Waals surface area contributed by atoms with Crippen molar-refractivity contribution in [2.45, 2.75) is 25.0 Å². The molecule has 0 aliphatic heterocycles. The van der Waals surface area contributed by atoms with Crippen molar-refractivity contribution in [1.29, 1.82) is 0 Å². The first kappa shape index (κ1) is 21.9. The van der Waals surface area contributed by atoms with Gasteiger partial charge in [-0.15, -0.1) is 11.3 Å². The van der Waals surface area contributed by atoms with Gasteiger partial charge in [0, 0.05) is 20.6 Å². The number of fused-ring (bicyclic) bond motifs is 1. The fraction of sp³-hybridized carbons (Fsp3) is 0.316. The number of nitrogens with one attached hydrogen (secondary N) is 1. The highest BCUT2D eigenvalue weighted by Crippen LogP contribution is 2.22. The first-order valence-electron chi connectivity index (χ1n) is 9.13. The van der Waals surface area contributed by atoms with Gasteiger partial charge in [-0.25, -0.2) is 17.7 Å². The Balaban J connectivity index is 1.71. The first-order chi connectivity index (χ1) is 14.2. The molecule has 0 bridgehead atoms. The minimum Gasteiger partial charge on any atom is -0.456 e. The van der Waals surface area contributed by atoms with E-state index in [-0.39, 0.29) is 24.0 Å². The maximum absolute atomic E-state index is 12.4. The van der Waals surface area contributed by atoms with Gasteiger partial charge in [0.2, 0.25) is 10.0 Å². The maximum Gasteiger partial charge on any atom is 0.325 e. The lowest BCUT2D eigenvalue weighted by atomic mass is 10.3. The number of ether oxygens (including phenoxy) is 1.